The first-order valence-corrected chi connectivity index (χ1v) is 8.39. The average Bonchev–Trinajstić information content (AvgIpc) is 3.05. The molecule has 0 saturated carbocycles. The van der Waals surface area contributed by atoms with E-state index in [1.165, 1.54) is 15.7 Å². The van der Waals surface area contributed by atoms with E-state index < -0.39 is 10.0 Å². The predicted molar refractivity (Wildman–Crippen MR) is 77.4 cm³/mol. The number of nitrogen functional groups attached to an aromatic ring is 1. The largest absolute Gasteiger partial charge is 0.381 e. The third-order valence-electron chi connectivity index (χ3n) is 2.94. The minimum Gasteiger partial charge on any atom is -0.381 e. The van der Waals surface area contributed by atoms with Crippen LogP contribution in [0, 0.1) is 0 Å². The van der Waals surface area contributed by atoms with Gasteiger partial charge in [-0.1, -0.05) is 0 Å². The fourth-order valence-electron chi connectivity index (χ4n) is 1.95. The fraction of sp³-hybridized carbons (Fsp3) is 0.300. The summed E-state index contributed by atoms with van der Waals surface area (Å²) in [5.74, 6) is 0.688. The maximum absolute atomic E-state index is 12.3. The smallest absolute Gasteiger partial charge is 0.260 e. The summed E-state index contributed by atoms with van der Waals surface area (Å²) in [4.78, 5) is 4.57. The number of thiazole rings is 1. The van der Waals surface area contributed by atoms with Crippen LogP contribution in [0.4, 0.5) is 5.82 Å². The molecule has 112 valence electrons. The molecule has 0 aliphatic heterocycles. The van der Waals surface area contributed by atoms with Crippen LogP contribution in [0.1, 0.15) is 5.82 Å². The Bertz CT molecular complexity index is 876. The minimum absolute atomic E-state index is 0.00647. The molecule has 9 nitrogen and oxygen atoms in total. The van der Waals surface area contributed by atoms with Crippen LogP contribution in [0.25, 0.3) is 4.96 Å². The summed E-state index contributed by atoms with van der Waals surface area (Å²) < 4.78 is 30.4. The monoisotopic (exact) mass is 327 g/mol. The van der Waals surface area contributed by atoms with Gasteiger partial charge >= 0.3 is 0 Å². The number of sulfonamides is 1. The summed E-state index contributed by atoms with van der Waals surface area (Å²) >= 11 is 1.32. The highest BCUT2D eigenvalue weighted by atomic mass is 32.2. The molecule has 0 saturated heterocycles. The SMILES string of the molecule is Cn1cnnc1CCNS(=O)(=O)c1c(N)nc2sccn12. The van der Waals surface area contributed by atoms with Crippen molar-refractivity contribution in [3.63, 3.8) is 0 Å². The number of hydrogen-bond donors (Lipinski definition) is 2. The van der Waals surface area contributed by atoms with Gasteiger partial charge in [-0.15, -0.1) is 21.5 Å². The molecule has 0 bridgehead atoms. The molecule has 0 fully saturated rings. The highest BCUT2D eigenvalue weighted by Crippen LogP contribution is 2.22. The quantitative estimate of drug-likeness (QED) is 0.659. The second kappa shape index (κ2) is 5.09. The average molecular weight is 327 g/mol. The molecule has 3 aromatic rings. The normalized spacial score (nSPS) is 12.2. The van der Waals surface area contributed by atoms with Gasteiger partial charge in [0.25, 0.3) is 10.0 Å². The first-order valence-electron chi connectivity index (χ1n) is 6.02. The highest BCUT2D eigenvalue weighted by molar-refractivity contribution is 7.89. The first kappa shape index (κ1) is 14.0. The summed E-state index contributed by atoms with van der Waals surface area (Å²) in [5, 5.41) is 9.35. The maximum Gasteiger partial charge on any atom is 0.260 e. The second-order valence-electron chi connectivity index (χ2n) is 4.36. The van der Waals surface area contributed by atoms with E-state index in [-0.39, 0.29) is 17.4 Å². The van der Waals surface area contributed by atoms with Crippen LogP contribution < -0.4 is 10.5 Å². The first-order chi connectivity index (χ1) is 9.99. The van der Waals surface area contributed by atoms with Gasteiger partial charge in [0.15, 0.2) is 15.8 Å². The van der Waals surface area contributed by atoms with E-state index in [2.05, 4.69) is 19.9 Å². The van der Waals surface area contributed by atoms with Crippen LogP contribution in [-0.4, -0.2) is 39.1 Å². The van der Waals surface area contributed by atoms with Crippen LogP contribution in [-0.2, 0) is 23.5 Å². The van der Waals surface area contributed by atoms with E-state index >= 15 is 0 Å². The molecular formula is C10H13N7O2S2. The number of aromatic nitrogens is 5. The van der Waals surface area contributed by atoms with E-state index in [4.69, 9.17) is 5.73 Å². The van der Waals surface area contributed by atoms with E-state index in [1.807, 2.05) is 0 Å². The van der Waals surface area contributed by atoms with Crippen molar-refractivity contribution >= 4 is 32.1 Å². The van der Waals surface area contributed by atoms with Crippen molar-refractivity contribution in [2.75, 3.05) is 12.3 Å². The number of nitrogens with zero attached hydrogens (tertiary/aromatic N) is 5. The predicted octanol–water partition coefficient (Wildman–Crippen LogP) is -0.372. The van der Waals surface area contributed by atoms with Gasteiger partial charge in [-0.2, -0.15) is 0 Å². The van der Waals surface area contributed by atoms with E-state index in [9.17, 15) is 8.42 Å². The Labute approximate surface area is 124 Å². The van der Waals surface area contributed by atoms with E-state index in [1.54, 1.807) is 29.5 Å². The van der Waals surface area contributed by atoms with Crippen molar-refractivity contribution in [1.82, 2.24) is 28.9 Å². The van der Waals surface area contributed by atoms with Gasteiger partial charge in [-0.3, -0.25) is 4.40 Å². The van der Waals surface area contributed by atoms with Gasteiger partial charge < -0.3 is 10.3 Å². The van der Waals surface area contributed by atoms with Crippen LogP contribution in [0.5, 0.6) is 0 Å². The fourth-order valence-corrected chi connectivity index (χ4v) is 3.96. The second-order valence-corrected chi connectivity index (χ2v) is 6.92. The number of anilines is 1. The Morgan fingerprint density at radius 1 is 1.48 bits per heavy atom. The zero-order valence-corrected chi connectivity index (χ0v) is 12.7. The molecule has 0 amide bonds. The molecule has 0 aromatic carbocycles. The molecule has 0 atom stereocenters. The molecule has 3 heterocycles. The Morgan fingerprint density at radius 2 is 2.29 bits per heavy atom. The number of nitrogens with two attached hydrogens (primary N) is 1. The van der Waals surface area contributed by atoms with Gasteiger partial charge in [-0.25, -0.2) is 18.1 Å². The Kier molecular flexibility index (Phi) is 3.39. The number of aryl methyl sites for hydroxylation is 1. The zero-order chi connectivity index (χ0) is 15.0. The van der Waals surface area contributed by atoms with E-state index in [0.717, 1.165) is 0 Å². The third kappa shape index (κ3) is 2.50. The van der Waals surface area contributed by atoms with Gasteiger partial charge in [0.1, 0.15) is 12.2 Å². The number of rotatable bonds is 5. The summed E-state index contributed by atoms with van der Waals surface area (Å²) in [7, 11) is -1.94. The van der Waals surface area contributed by atoms with Gasteiger partial charge in [0, 0.05) is 31.6 Å². The van der Waals surface area contributed by atoms with Crippen molar-refractivity contribution in [2.24, 2.45) is 7.05 Å². The molecule has 0 unspecified atom stereocenters. The van der Waals surface area contributed by atoms with E-state index in [0.29, 0.717) is 17.2 Å². The van der Waals surface area contributed by atoms with Gasteiger partial charge in [-0.05, 0) is 0 Å². The summed E-state index contributed by atoms with van der Waals surface area (Å²) in [6.07, 6.45) is 3.62. The molecule has 3 aromatic heterocycles. The Morgan fingerprint density at radius 3 is 3.00 bits per heavy atom. The van der Waals surface area contributed by atoms with Crippen LogP contribution in [0.2, 0.25) is 0 Å². The zero-order valence-electron chi connectivity index (χ0n) is 11.1. The highest BCUT2D eigenvalue weighted by Gasteiger charge is 2.24. The molecule has 0 aliphatic carbocycles. The van der Waals surface area contributed by atoms with Crippen molar-refractivity contribution in [1.29, 1.82) is 0 Å². The van der Waals surface area contributed by atoms with Crippen molar-refractivity contribution in [3.8, 4) is 0 Å². The topological polar surface area (TPSA) is 120 Å². The number of nitrogens with one attached hydrogen (secondary N) is 1. The number of hydrogen-bond acceptors (Lipinski definition) is 7. The van der Waals surface area contributed by atoms with Crippen LogP contribution >= 0.6 is 11.3 Å². The minimum atomic E-state index is -3.74. The van der Waals surface area contributed by atoms with Gasteiger partial charge in [0.05, 0.1) is 0 Å². The van der Waals surface area contributed by atoms with Crippen LogP contribution in [0.3, 0.4) is 0 Å². The summed E-state index contributed by atoms with van der Waals surface area (Å²) in [6, 6.07) is 0. The number of imidazole rings is 1. The molecule has 3 N–H and O–H groups in total. The Hall–Kier alpha value is -1.98. The lowest BCUT2D eigenvalue weighted by atomic mass is 10.4. The summed E-state index contributed by atoms with van der Waals surface area (Å²) in [5.41, 5.74) is 5.70. The number of fused-ring (bicyclic) bond motifs is 1. The molecule has 11 heteroatoms. The lowest BCUT2D eigenvalue weighted by Crippen LogP contribution is -2.28. The Balaban J connectivity index is 1.79. The molecule has 21 heavy (non-hydrogen) atoms. The molecular weight excluding hydrogens is 314 g/mol. The van der Waals surface area contributed by atoms with Gasteiger partial charge in [0.2, 0.25) is 0 Å². The lowest BCUT2D eigenvalue weighted by molar-refractivity contribution is 0.575. The van der Waals surface area contributed by atoms with Crippen molar-refractivity contribution < 1.29 is 8.42 Å². The van der Waals surface area contributed by atoms with Crippen LogP contribution in [0.15, 0.2) is 22.9 Å². The molecule has 0 radical (unpaired) electrons. The maximum atomic E-state index is 12.3. The standard InChI is InChI=1S/C10H13N7O2S2/c1-16-6-12-15-7(16)2-3-13-21(18,19)9-8(11)14-10-17(9)4-5-20-10/h4-6,13H,2-3,11H2,1H3. The lowest BCUT2D eigenvalue weighted by Gasteiger charge is -2.06. The molecule has 0 spiro atoms. The molecule has 3 rings (SSSR count). The van der Waals surface area contributed by atoms with Crippen molar-refractivity contribution in [3.05, 3.63) is 23.7 Å². The summed E-state index contributed by atoms with van der Waals surface area (Å²) in [6.45, 7) is 0.200. The third-order valence-corrected chi connectivity index (χ3v) is 5.20. The van der Waals surface area contributed by atoms with Crippen molar-refractivity contribution in [2.45, 2.75) is 11.4 Å². The molecule has 0 aliphatic rings.